The van der Waals surface area contributed by atoms with Crippen molar-refractivity contribution < 1.29 is 9.59 Å². The van der Waals surface area contributed by atoms with Gasteiger partial charge in [-0.15, -0.1) is 0 Å². The molecule has 0 heterocycles. The normalized spacial score (nSPS) is 12.3. The molecule has 0 aliphatic carbocycles. The third kappa shape index (κ3) is 17.0. The molecule has 0 aromatic heterocycles. The molecule has 1 unspecified atom stereocenters. The summed E-state index contributed by atoms with van der Waals surface area (Å²) >= 11 is 0. The molecule has 0 aliphatic heterocycles. The van der Waals surface area contributed by atoms with Crippen molar-refractivity contribution in [3.05, 3.63) is 0 Å². The zero-order chi connectivity index (χ0) is 21.0. The molecule has 0 aliphatic rings. The molecule has 0 saturated heterocycles. The molecule has 0 spiro atoms. The summed E-state index contributed by atoms with van der Waals surface area (Å²) in [6.07, 6.45) is 17.6. The third-order valence-electron chi connectivity index (χ3n) is 5.25. The Morgan fingerprint density at radius 2 is 1.21 bits per heavy atom. The number of carbonyl (C=O) groups is 2. The molecule has 5 nitrogen and oxygen atoms in total. The number of hydrogen-bond donors (Lipinski definition) is 3. The first-order chi connectivity index (χ1) is 13.5. The van der Waals surface area contributed by atoms with E-state index in [-0.39, 0.29) is 11.8 Å². The van der Waals surface area contributed by atoms with Crippen LogP contribution in [0.2, 0.25) is 0 Å². The van der Waals surface area contributed by atoms with Crippen LogP contribution >= 0.6 is 0 Å². The van der Waals surface area contributed by atoms with E-state index in [4.69, 9.17) is 5.73 Å². The summed E-state index contributed by atoms with van der Waals surface area (Å²) in [6, 6.07) is -0.568. The minimum atomic E-state index is -0.568. The summed E-state index contributed by atoms with van der Waals surface area (Å²) < 4.78 is 0. The lowest BCUT2D eigenvalue weighted by Crippen LogP contribution is -2.47. The Morgan fingerprint density at radius 3 is 1.68 bits per heavy atom. The fourth-order valence-corrected chi connectivity index (χ4v) is 3.40. The molecule has 5 heteroatoms. The van der Waals surface area contributed by atoms with Gasteiger partial charge in [0.1, 0.15) is 6.04 Å². The van der Waals surface area contributed by atoms with Crippen molar-refractivity contribution in [1.82, 2.24) is 10.6 Å². The highest BCUT2D eigenvalue weighted by Gasteiger charge is 2.20. The van der Waals surface area contributed by atoms with Crippen LogP contribution in [0.25, 0.3) is 0 Å². The first-order valence-corrected chi connectivity index (χ1v) is 11.8. The fourth-order valence-electron chi connectivity index (χ4n) is 3.40. The van der Waals surface area contributed by atoms with Gasteiger partial charge in [0.2, 0.25) is 11.8 Å². The van der Waals surface area contributed by atoms with Crippen LogP contribution in [-0.4, -0.2) is 30.9 Å². The second-order valence-corrected chi connectivity index (χ2v) is 8.43. The van der Waals surface area contributed by atoms with Gasteiger partial charge in [-0.3, -0.25) is 9.59 Å². The van der Waals surface area contributed by atoms with Gasteiger partial charge in [-0.05, 0) is 31.8 Å². The highest BCUT2D eigenvalue weighted by atomic mass is 16.2. The Hall–Kier alpha value is -1.10. The van der Waals surface area contributed by atoms with Gasteiger partial charge in [0.15, 0.2) is 0 Å². The molecule has 0 saturated carbocycles. The van der Waals surface area contributed by atoms with Crippen molar-refractivity contribution in [1.29, 1.82) is 0 Å². The molecule has 0 aromatic carbocycles. The van der Waals surface area contributed by atoms with E-state index in [1.165, 1.54) is 77.0 Å². The maximum Gasteiger partial charge on any atom is 0.240 e. The first-order valence-electron chi connectivity index (χ1n) is 11.8. The average molecular weight is 398 g/mol. The van der Waals surface area contributed by atoms with Crippen molar-refractivity contribution in [2.24, 2.45) is 11.7 Å². The van der Waals surface area contributed by atoms with Gasteiger partial charge in [-0.2, -0.15) is 0 Å². The molecule has 2 amide bonds. The third-order valence-corrected chi connectivity index (χ3v) is 5.25. The van der Waals surface area contributed by atoms with Crippen LogP contribution in [0.3, 0.4) is 0 Å². The summed E-state index contributed by atoms with van der Waals surface area (Å²) in [7, 11) is 0. The van der Waals surface area contributed by atoms with E-state index in [1.54, 1.807) is 0 Å². The van der Waals surface area contributed by atoms with Gasteiger partial charge >= 0.3 is 0 Å². The quantitative estimate of drug-likeness (QED) is 0.261. The van der Waals surface area contributed by atoms with Crippen LogP contribution in [0.15, 0.2) is 0 Å². The Morgan fingerprint density at radius 1 is 0.750 bits per heavy atom. The Bertz CT molecular complexity index is 386. The number of nitrogens with one attached hydrogen (secondary N) is 2. The van der Waals surface area contributed by atoms with Gasteiger partial charge < -0.3 is 16.4 Å². The molecule has 0 fully saturated rings. The molecule has 4 N–H and O–H groups in total. The topological polar surface area (TPSA) is 84.2 Å². The molecule has 28 heavy (non-hydrogen) atoms. The van der Waals surface area contributed by atoms with E-state index >= 15 is 0 Å². The van der Waals surface area contributed by atoms with Crippen molar-refractivity contribution >= 4 is 11.8 Å². The van der Waals surface area contributed by atoms with Gasteiger partial charge in [-0.25, -0.2) is 0 Å². The molecular weight excluding hydrogens is 350 g/mol. The van der Waals surface area contributed by atoms with Gasteiger partial charge in [0.05, 0.1) is 0 Å². The van der Waals surface area contributed by atoms with Gasteiger partial charge in [0.25, 0.3) is 0 Å². The molecule has 0 bridgehead atoms. The van der Waals surface area contributed by atoms with Crippen molar-refractivity contribution in [2.75, 3.05) is 13.1 Å². The lowest BCUT2D eigenvalue weighted by Gasteiger charge is -2.18. The van der Waals surface area contributed by atoms with Crippen LogP contribution in [0.1, 0.15) is 111 Å². The average Bonchev–Trinajstić information content (AvgIpc) is 2.65. The number of amides is 2. The van der Waals surface area contributed by atoms with E-state index in [0.717, 1.165) is 19.5 Å². The second kappa shape index (κ2) is 19.2. The minimum Gasteiger partial charge on any atom is -0.368 e. The highest BCUT2D eigenvalue weighted by molar-refractivity contribution is 5.86. The summed E-state index contributed by atoms with van der Waals surface area (Å²) in [4.78, 5) is 23.2. The van der Waals surface area contributed by atoms with E-state index < -0.39 is 11.9 Å². The Labute approximate surface area is 174 Å². The fraction of sp³-hybridized carbons (Fsp3) is 0.913. The lowest BCUT2D eigenvalue weighted by atomic mass is 10.0. The van der Waals surface area contributed by atoms with E-state index in [1.807, 2.05) is 13.8 Å². The molecule has 1 atom stereocenters. The van der Waals surface area contributed by atoms with E-state index in [9.17, 15) is 9.59 Å². The maximum absolute atomic E-state index is 11.9. The van der Waals surface area contributed by atoms with Crippen LogP contribution < -0.4 is 16.4 Å². The summed E-state index contributed by atoms with van der Waals surface area (Å²) in [5.74, 6) is -0.538. The molecular formula is C23H47N3O2. The maximum atomic E-state index is 11.9. The number of rotatable bonds is 20. The molecule has 0 rings (SSSR count). The summed E-state index contributed by atoms with van der Waals surface area (Å²) in [6.45, 7) is 7.89. The van der Waals surface area contributed by atoms with E-state index in [2.05, 4.69) is 17.6 Å². The van der Waals surface area contributed by atoms with Crippen LogP contribution in [-0.2, 0) is 9.59 Å². The minimum absolute atomic E-state index is 0.0189. The smallest absolute Gasteiger partial charge is 0.240 e. The predicted molar refractivity (Wildman–Crippen MR) is 119 cm³/mol. The van der Waals surface area contributed by atoms with Crippen molar-refractivity contribution in [3.8, 4) is 0 Å². The Balaban J connectivity index is 3.33. The predicted octanol–water partition coefficient (Wildman–Crippen LogP) is 4.68. The zero-order valence-electron chi connectivity index (χ0n) is 18.9. The monoisotopic (exact) mass is 397 g/mol. The van der Waals surface area contributed by atoms with Crippen LogP contribution in [0, 0.1) is 5.92 Å². The Kier molecular flexibility index (Phi) is 18.5. The number of unbranched alkanes of at least 4 members (excludes halogenated alkanes) is 11. The van der Waals surface area contributed by atoms with Gasteiger partial charge in [-0.1, -0.05) is 91.4 Å². The van der Waals surface area contributed by atoms with Crippen LogP contribution in [0.4, 0.5) is 0 Å². The molecule has 0 aromatic rings. The molecule has 0 radical (unpaired) electrons. The SMILES string of the molecule is CCCCCCCCCCCCCCNCCCC(=O)NC(C(N)=O)C(C)C. The van der Waals surface area contributed by atoms with Crippen LogP contribution in [0.5, 0.6) is 0 Å². The summed E-state index contributed by atoms with van der Waals surface area (Å²) in [5.41, 5.74) is 5.31. The number of nitrogens with two attached hydrogens (primary N) is 1. The van der Waals surface area contributed by atoms with Crippen molar-refractivity contribution in [2.45, 2.75) is 117 Å². The number of primary amides is 1. The first kappa shape index (κ1) is 26.9. The standard InChI is InChI=1S/C23H47N3O2/c1-4-5-6-7-8-9-10-11-12-13-14-15-18-25-19-16-17-21(27)26-22(20(2)3)23(24)28/h20,22,25H,4-19H2,1-3H3,(H2,24,28)(H,26,27). The molecule has 166 valence electrons. The van der Waals surface area contributed by atoms with E-state index in [0.29, 0.717) is 6.42 Å². The number of carbonyl (C=O) groups excluding carboxylic acids is 2. The lowest BCUT2D eigenvalue weighted by molar-refractivity contribution is -0.128. The summed E-state index contributed by atoms with van der Waals surface area (Å²) in [5, 5.41) is 6.13. The number of hydrogen-bond acceptors (Lipinski definition) is 3. The zero-order valence-corrected chi connectivity index (χ0v) is 18.9. The second-order valence-electron chi connectivity index (χ2n) is 8.43. The van der Waals surface area contributed by atoms with Crippen molar-refractivity contribution in [3.63, 3.8) is 0 Å². The highest BCUT2D eigenvalue weighted by Crippen LogP contribution is 2.11. The largest absolute Gasteiger partial charge is 0.368 e. The van der Waals surface area contributed by atoms with Gasteiger partial charge in [0, 0.05) is 6.42 Å².